The molecule has 0 aliphatic rings. The summed E-state index contributed by atoms with van der Waals surface area (Å²) in [5, 5.41) is 11.6. The Hall–Kier alpha value is -2.01. The van der Waals surface area contributed by atoms with Crippen LogP contribution in [0.25, 0.3) is 0 Å². The molecular formula is C21H30NO5P. The van der Waals surface area contributed by atoms with Crippen molar-refractivity contribution in [1.82, 2.24) is 0 Å². The van der Waals surface area contributed by atoms with Gasteiger partial charge in [0.15, 0.2) is 5.85 Å². The largest absolute Gasteiger partial charge is 0.497 e. The lowest BCUT2D eigenvalue weighted by atomic mass is 10.2. The van der Waals surface area contributed by atoms with Crippen molar-refractivity contribution in [2.45, 2.75) is 25.6 Å². The Balaban J connectivity index is 2.51. The fourth-order valence-electron chi connectivity index (χ4n) is 2.81. The molecule has 1 N–H and O–H groups in total. The summed E-state index contributed by atoms with van der Waals surface area (Å²) in [6.07, 6.45) is 1.65. The van der Waals surface area contributed by atoms with Crippen LogP contribution >= 0.6 is 7.37 Å². The molecule has 0 amide bonds. The highest BCUT2D eigenvalue weighted by Crippen LogP contribution is 2.59. The number of rotatable bonds is 10. The summed E-state index contributed by atoms with van der Waals surface area (Å²) in [5.41, 5.74) is 1.34. The van der Waals surface area contributed by atoms with E-state index in [4.69, 9.17) is 14.0 Å². The normalized spacial score (nSPS) is 14.2. The molecule has 2 aromatic rings. The van der Waals surface area contributed by atoms with E-state index in [0.29, 0.717) is 29.0 Å². The molecule has 28 heavy (non-hydrogen) atoms. The average Bonchev–Trinajstić information content (AvgIpc) is 2.72. The van der Waals surface area contributed by atoms with E-state index < -0.39 is 13.2 Å². The van der Waals surface area contributed by atoms with Crippen LogP contribution in [0.3, 0.4) is 0 Å². The zero-order valence-corrected chi connectivity index (χ0v) is 18.1. The molecule has 0 radical (unpaired) electrons. The molecule has 0 spiro atoms. The van der Waals surface area contributed by atoms with Crippen LogP contribution in [-0.2, 0) is 9.09 Å². The van der Waals surface area contributed by atoms with Gasteiger partial charge in [-0.3, -0.25) is 4.57 Å². The van der Waals surface area contributed by atoms with Gasteiger partial charge in [0.25, 0.3) is 7.37 Å². The van der Waals surface area contributed by atoms with Crippen molar-refractivity contribution in [2.75, 3.05) is 39.8 Å². The monoisotopic (exact) mass is 407 g/mol. The summed E-state index contributed by atoms with van der Waals surface area (Å²) < 4.78 is 30.4. The number of ether oxygens (including phenoxy) is 2. The second-order valence-electron chi connectivity index (χ2n) is 6.68. The van der Waals surface area contributed by atoms with E-state index in [-0.39, 0.29) is 0 Å². The SMILES string of the molecule is CCCCO[P@](=O)(c1ccc(N(C)C)cc1)[C@@H](O)c1cc(OC)ccc1OC. The smallest absolute Gasteiger partial charge is 0.264 e. The Morgan fingerprint density at radius 2 is 1.75 bits per heavy atom. The van der Waals surface area contributed by atoms with Gasteiger partial charge < -0.3 is 24.0 Å². The molecule has 0 bridgehead atoms. The first-order chi connectivity index (χ1) is 13.4. The molecule has 0 fully saturated rings. The number of aliphatic hydroxyl groups is 1. The van der Waals surface area contributed by atoms with Crippen molar-refractivity contribution in [3.63, 3.8) is 0 Å². The molecule has 0 aromatic heterocycles. The van der Waals surface area contributed by atoms with Crippen molar-refractivity contribution in [2.24, 2.45) is 0 Å². The number of benzene rings is 2. The van der Waals surface area contributed by atoms with Gasteiger partial charge in [0, 0.05) is 30.7 Å². The molecule has 0 unspecified atom stereocenters. The number of methoxy groups -OCH3 is 2. The highest BCUT2D eigenvalue weighted by Gasteiger charge is 2.38. The summed E-state index contributed by atoms with van der Waals surface area (Å²) in [6.45, 7) is 2.33. The van der Waals surface area contributed by atoms with E-state index in [0.717, 1.165) is 18.5 Å². The van der Waals surface area contributed by atoms with E-state index in [1.807, 2.05) is 38.1 Å². The molecule has 154 valence electrons. The van der Waals surface area contributed by atoms with Crippen LogP contribution in [0.1, 0.15) is 31.2 Å². The Bertz CT molecular complexity index is 807. The fraction of sp³-hybridized carbons (Fsp3) is 0.429. The van der Waals surface area contributed by atoms with Gasteiger partial charge in [-0.25, -0.2) is 0 Å². The molecule has 7 heteroatoms. The van der Waals surface area contributed by atoms with Crippen molar-refractivity contribution in [3.05, 3.63) is 48.0 Å². The van der Waals surface area contributed by atoms with Gasteiger partial charge in [-0.05, 0) is 48.9 Å². The minimum Gasteiger partial charge on any atom is -0.497 e. The van der Waals surface area contributed by atoms with E-state index in [9.17, 15) is 9.67 Å². The van der Waals surface area contributed by atoms with E-state index in [1.165, 1.54) is 14.2 Å². The van der Waals surface area contributed by atoms with Crippen LogP contribution in [0.4, 0.5) is 5.69 Å². The maximum absolute atomic E-state index is 14.0. The maximum atomic E-state index is 14.0. The predicted molar refractivity (Wildman–Crippen MR) is 113 cm³/mol. The molecule has 0 aliphatic heterocycles. The molecule has 0 saturated heterocycles. The average molecular weight is 407 g/mol. The molecular weight excluding hydrogens is 377 g/mol. The molecule has 0 saturated carbocycles. The standard InChI is InChI=1S/C21H30NO5P/c1-6-7-14-27-28(24,18-11-8-16(9-12-18)22(2)3)21(23)19-15-17(25-4)10-13-20(19)26-5/h8-13,15,21,23H,6-7,14H2,1-5H3/t21-,28-/m1/s1. The van der Waals surface area contributed by atoms with Gasteiger partial charge in [-0.15, -0.1) is 0 Å². The Kier molecular flexibility index (Phi) is 7.93. The number of hydrogen-bond acceptors (Lipinski definition) is 6. The molecule has 6 nitrogen and oxygen atoms in total. The van der Waals surface area contributed by atoms with E-state index in [2.05, 4.69) is 0 Å². The van der Waals surface area contributed by atoms with Gasteiger partial charge in [0.05, 0.1) is 20.8 Å². The third kappa shape index (κ3) is 4.88. The quantitative estimate of drug-likeness (QED) is 0.471. The summed E-state index contributed by atoms with van der Waals surface area (Å²) in [7, 11) is 3.28. The van der Waals surface area contributed by atoms with Gasteiger partial charge in [0.1, 0.15) is 11.5 Å². The van der Waals surface area contributed by atoms with Crippen LogP contribution < -0.4 is 19.7 Å². The maximum Gasteiger partial charge on any atom is 0.264 e. The number of unbranched alkanes of at least 4 members (excludes halogenated alkanes) is 1. The second-order valence-corrected chi connectivity index (χ2v) is 9.13. The zero-order chi connectivity index (χ0) is 20.7. The van der Waals surface area contributed by atoms with Crippen LogP contribution in [-0.4, -0.2) is 40.0 Å². The lowest BCUT2D eigenvalue weighted by Gasteiger charge is -2.26. The zero-order valence-electron chi connectivity index (χ0n) is 17.2. The number of hydrogen-bond donors (Lipinski definition) is 1. The van der Waals surface area contributed by atoms with Gasteiger partial charge in [0.2, 0.25) is 0 Å². The van der Waals surface area contributed by atoms with Crippen molar-refractivity contribution in [3.8, 4) is 11.5 Å². The van der Waals surface area contributed by atoms with E-state index >= 15 is 0 Å². The minimum absolute atomic E-state index is 0.298. The molecule has 2 aromatic carbocycles. The lowest BCUT2D eigenvalue weighted by molar-refractivity contribution is 0.208. The van der Waals surface area contributed by atoms with Crippen molar-refractivity contribution < 1.29 is 23.7 Å². The third-order valence-electron chi connectivity index (χ3n) is 4.54. The first-order valence-electron chi connectivity index (χ1n) is 9.29. The molecule has 2 atom stereocenters. The van der Waals surface area contributed by atoms with Crippen LogP contribution in [0.15, 0.2) is 42.5 Å². The summed E-state index contributed by atoms with van der Waals surface area (Å²) in [6, 6.07) is 12.3. The third-order valence-corrected chi connectivity index (χ3v) is 7.05. The minimum atomic E-state index is -3.63. The molecule has 0 aliphatic carbocycles. The second kappa shape index (κ2) is 9.97. The number of anilines is 1. The Morgan fingerprint density at radius 3 is 2.29 bits per heavy atom. The first-order valence-corrected chi connectivity index (χ1v) is 11.0. The highest BCUT2D eigenvalue weighted by molar-refractivity contribution is 7.67. The van der Waals surface area contributed by atoms with E-state index in [1.54, 1.807) is 30.3 Å². The van der Waals surface area contributed by atoms with Gasteiger partial charge in [-0.1, -0.05) is 13.3 Å². The van der Waals surface area contributed by atoms with Gasteiger partial charge in [-0.2, -0.15) is 0 Å². The predicted octanol–water partition coefficient (Wildman–Crippen LogP) is 4.18. The number of aliphatic hydroxyl groups excluding tert-OH is 1. The summed E-state index contributed by atoms with van der Waals surface area (Å²) in [4.78, 5) is 1.95. The van der Waals surface area contributed by atoms with Crippen molar-refractivity contribution >= 4 is 18.4 Å². The van der Waals surface area contributed by atoms with Crippen LogP contribution in [0, 0.1) is 0 Å². The van der Waals surface area contributed by atoms with Crippen LogP contribution in [0.5, 0.6) is 11.5 Å². The fourth-order valence-corrected chi connectivity index (χ4v) is 4.92. The Labute approximate surface area is 167 Å². The molecule has 0 heterocycles. The Morgan fingerprint density at radius 1 is 1.07 bits per heavy atom. The number of nitrogens with zero attached hydrogens (tertiary/aromatic N) is 1. The van der Waals surface area contributed by atoms with Crippen molar-refractivity contribution in [1.29, 1.82) is 0 Å². The summed E-state index contributed by atoms with van der Waals surface area (Å²) in [5.74, 6) is -0.407. The topological polar surface area (TPSA) is 68.2 Å². The lowest BCUT2D eigenvalue weighted by Crippen LogP contribution is -2.17. The van der Waals surface area contributed by atoms with Gasteiger partial charge >= 0.3 is 0 Å². The molecule has 2 rings (SSSR count). The first kappa shape index (κ1) is 22.3. The van der Waals surface area contributed by atoms with Crippen LogP contribution in [0.2, 0.25) is 0 Å². The summed E-state index contributed by atoms with van der Waals surface area (Å²) >= 11 is 0. The highest BCUT2D eigenvalue weighted by atomic mass is 31.2.